The summed E-state index contributed by atoms with van der Waals surface area (Å²) in [6, 6.07) is 15.8. The molecule has 1 saturated heterocycles. The highest BCUT2D eigenvalue weighted by Gasteiger charge is 2.34. The van der Waals surface area contributed by atoms with E-state index < -0.39 is 24.0 Å². The predicted molar refractivity (Wildman–Crippen MR) is 124 cm³/mol. The third-order valence-electron chi connectivity index (χ3n) is 5.61. The van der Waals surface area contributed by atoms with Gasteiger partial charge in [-0.15, -0.1) is 0 Å². The van der Waals surface area contributed by atoms with Crippen molar-refractivity contribution in [2.24, 2.45) is 0 Å². The Labute approximate surface area is 188 Å². The monoisotopic (exact) mass is 436 g/mol. The molecular weight excluding hydrogens is 407 g/mol. The van der Waals surface area contributed by atoms with Gasteiger partial charge in [-0.05, 0) is 62.6 Å². The van der Waals surface area contributed by atoms with Crippen LogP contribution in [0.2, 0.25) is 0 Å². The zero-order valence-electron chi connectivity index (χ0n) is 19.0. The number of hydrogen-bond acceptors (Lipinski definition) is 4. The first kappa shape index (κ1) is 22.1. The lowest BCUT2D eigenvalue weighted by atomic mass is 9.98. The Hall–Kier alpha value is -3.15. The first-order chi connectivity index (χ1) is 15.2. The minimum atomic E-state index is -1.27. The number of carbonyl (C=O) groups excluding carboxylic acids is 1. The number of piperidine rings is 1. The molecule has 0 aliphatic carbocycles. The Bertz CT molecular complexity index is 1110. The van der Waals surface area contributed by atoms with E-state index in [9.17, 15) is 9.18 Å². The summed E-state index contributed by atoms with van der Waals surface area (Å²) in [5, 5.41) is 1.11. The number of amides is 1. The van der Waals surface area contributed by atoms with Crippen molar-refractivity contribution in [3.8, 4) is 16.9 Å². The standard InChI is InChI=1S/C26H29FN2O3/c1-17-21(12-9-19-6-5-14-28-24(17)19)18-7-10-20(11-8-18)31-23-13-15-29(16-22(23)27)25(30)32-26(2,3)4/h5-12,14,22-23H,13,15-16H2,1-4H3. The highest BCUT2D eigenvalue weighted by molar-refractivity contribution is 5.88. The molecule has 2 atom stereocenters. The molecule has 5 nitrogen and oxygen atoms in total. The van der Waals surface area contributed by atoms with E-state index in [1.807, 2.05) is 30.3 Å². The molecule has 3 aromatic rings. The highest BCUT2D eigenvalue weighted by Crippen LogP contribution is 2.30. The molecule has 1 amide bonds. The van der Waals surface area contributed by atoms with Crippen LogP contribution in [0.4, 0.5) is 9.18 Å². The number of ether oxygens (including phenoxy) is 2. The second-order valence-electron chi connectivity index (χ2n) is 9.22. The third-order valence-corrected chi connectivity index (χ3v) is 5.61. The number of rotatable bonds is 3. The number of fused-ring (bicyclic) bond motifs is 1. The van der Waals surface area contributed by atoms with Crippen molar-refractivity contribution in [1.82, 2.24) is 9.88 Å². The molecule has 0 N–H and O–H groups in total. The molecule has 2 heterocycles. The Morgan fingerprint density at radius 3 is 2.56 bits per heavy atom. The van der Waals surface area contributed by atoms with Crippen LogP contribution in [0.1, 0.15) is 32.8 Å². The number of aryl methyl sites for hydroxylation is 1. The number of likely N-dealkylation sites (tertiary alicyclic amines) is 1. The molecule has 0 saturated carbocycles. The summed E-state index contributed by atoms with van der Waals surface area (Å²) in [5.41, 5.74) is 3.67. The van der Waals surface area contributed by atoms with Crippen molar-refractivity contribution in [1.29, 1.82) is 0 Å². The summed E-state index contributed by atoms with van der Waals surface area (Å²) in [6.45, 7) is 7.84. The molecule has 6 heteroatoms. The highest BCUT2D eigenvalue weighted by atomic mass is 19.1. The summed E-state index contributed by atoms with van der Waals surface area (Å²) in [4.78, 5) is 18.1. The summed E-state index contributed by atoms with van der Waals surface area (Å²) >= 11 is 0. The van der Waals surface area contributed by atoms with Gasteiger partial charge < -0.3 is 14.4 Å². The lowest BCUT2D eigenvalue weighted by molar-refractivity contribution is -0.0105. The molecule has 1 aliphatic rings. The number of benzene rings is 2. The van der Waals surface area contributed by atoms with Crippen LogP contribution in [0, 0.1) is 6.92 Å². The van der Waals surface area contributed by atoms with Crippen molar-refractivity contribution in [2.75, 3.05) is 13.1 Å². The minimum Gasteiger partial charge on any atom is -0.487 e. The summed E-state index contributed by atoms with van der Waals surface area (Å²) in [7, 11) is 0. The van der Waals surface area contributed by atoms with Crippen LogP contribution in [0.15, 0.2) is 54.7 Å². The topological polar surface area (TPSA) is 51.7 Å². The van der Waals surface area contributed by atoms with Crippen molar-refractivity contribution in [2.45, 2.75) is 52.0 Å². The molecule has 0 spiro atoms. The third kappa shape index (κ3) is 4.85. The SMILES string of the molecule is Cc1c(-c2ccc(OC3CCN(C(=O)OC(C)(C)C)CC3F)cc2)ccc2cccnc12. The maximum Gasteiger partial charge on any atom is 0.410 e. The van der Waals surface area contributed by atoms with E-state index in [1.165, 1.54) is 4.90 Å². The van der Waals surface area contributed by atoms with Crippen molar-refractivity contribution in [3.63, 3.8) is 0 Å². The normalized spacial score (nSPS) is 19.1. The average molecular weight is 437 g/mol. The van der Waals surface area contributed by atoms with Gasteiger partial charge in [-0.2, -0.15) is 0 Å². The van der Waals surface area contributed by atoms with E-state index in [2.05, 4.69) is 30.1 Å². The summed E-state index contributed by atoms with van der Waals surface area (Å²) < 4.78 is 26.0. The summed E-state index contributed by atoms with van der Waals surface area (Å²) in [6.07, 6.45) is -0.131. The molecular formula is C26H29FN2O3. The minimum absolute atomic E-state index is 0.0268. The van der Waals surface area contributed by atoms with E-state index >= 15 is 0 Å². The smallest absolute Gasteiger partial charge is 0.410 e. The van der Waals surface area contributed by atoms with Crippen LogP contribution in [-0.4, -0.2) is 46.9 Å². The predicted octanol–water partition coefficient (Wildman–Crippen LogP) is 5.94. The second-order valence-corrected chi connectivity index (χ2v) is 9.22. The van der Waals surface area contributed by atoms with Crippen LogP contribution < -0.4 is 4.74 Å². The van der Waals surface area contributed by atoms with Crippen LogP contribution in [0.5, 0.6) is 5.75 Å². The van der Waals surface area contributed by atoms with E-state index in [-0.39, 0.29) is 6.54 Å². The largest absolute Gasteiger partial charge is 0.487 e. The van der Waals surface area contributed by atoms with Crippen LogP contribution in [-0.2, 0) is 4.74 Å². The lowest BCUT2D eigenvalue weighted by Crippen LogP contribution is -2.50. The Morgan fingerprint density at radius 1 is 1.12 bits per heavy atom. The van der Waals surface area contributed by atoms with Crippen molar-refractivity contribution >= 4 is 17.0 Å². The maximum atomic E-state index is 14.7. The number of carbonyl (C=O) groups is 1. The van der Waals surface area contributed by atoms with Gasteiger partial charge in [0.1, 0.15) is 17.5 Å². The Morgan fingerprint density at radius 2 is 1.88 bits per heavy atom. The molecule has 2 aromatic carbocycles. The number of hydrogen-bond donors (Lipinski definition) is 0. The summed E-state index contributed by atoms with van der Waals surface area (Å²) in [5.74, 6) is 0.615. The Balaban J connectivity index is 1.42. The quantitative estimate of drug-likeness (QED) is 0.510. The number of halogens is 1. The zero-order valence-corrected chi connectivity index (χ0v) is 19.0. The van der Waals surface area contributed by atoms with Gasteiger partial charge in [0.2, 0.25) is 0 Å². The van der Waals surface area contributed by atoms with E-state index in [0.29, 0.717) is 18.7 Å². The van der Waals surface area contributed by atoms with Gasteiger partial charge in [0.25, 0.3) is 0 Å². The van der Waals surface area contributed by atoms with Crippen LogP contribution >= 0.6 is 0 Å². The van der Waals surface area contributed by atoms with Gasteiger partial charge >= 0.3 is 6.09 Å². The van der Waals surface area contributed by atoms with Gasteiger partial charge in [-0.25, -0.2) is 9.18 Å². The van der Waals surface area contributed by atoms with Gasteiger partial charge in [0.15, 0.2) is 6.17 Å². The number of pyridine rings is 1. The van der Waals surface area contributed by atoms with E-state index in [0.717, 1.165) is 27.6 Å². The second kappa shape index (κ2) is 8.77. The molecule has 168 valence electrons. The van der Waals surface area contributed by atoms with Crippen molar-refractivity contribution < 1.29 is 18.7 Å². The van der Waals surface area contributed by atoms with Crippen LogP contribution in [0.25, 0.3) is 22.0 Å². The first-order valence-electron chi connectivity index (χ1n) is 10.9. The Kier molecular flexibility index (Phi) is 6.04. The molecule has 32 heavy (non-hydrogen) atoms. The number of alkyl halides is 1. The molecule has 1 fully saturated rings. The van der Waals surface area contributed by atoms with Gasteiger partial charge in [0, 0.05) is 24.5 Å². The average Bonchev–Trinajstić information content (AvgIpc) is 2.75. The number of aromatic nitrogens is 1. The molecule has 2 unspecified atom stereocenters. The van der Waals surface area contributed by atoms with E-state index in [1.54, 1.807) is 27.0 Å². The van der Waals surface area contributed by atoms with Gasteiger partial charge in [-0.1, -0.05) is 30.3 Å². The molecule has 1 aliphatic heterocycles. The fourth-order valence-electron chi connectivity index (χ4n) is 4.00. The van der Waals surface area contributed by atoms with Crippen molar-refractivity contribution in [3.05, 3.63) is 60.3 Å². The molecule has 0 bridgehead atoms. The van der Waals surface area contributed by atoms with Gasteiger partial charge in [-0.3, -0.25) is 4.98 Å². The fraction of sp³-hybridized carbons (Fsp3) is 0.385. The molecule has 1 aromatic heterocycles. The van der Waals surface area contributed by atoms with E-state index in [4.69, 9.17) is 9.47 Å². The van der Waals surface area contributed by atoms with Crippen LogP contribution in [0.3, 0.4) is 0 Å². The molecule has 4 rings (SSSR count). The first-order valence-corrected chi connectivity index (χ1v) is 10.9. The molecule has 0 radical (unpaired) electrons. The number of nitrogens with zero attached hydrogens (tertiary/aromatic N) is 2. The van der Waals surface area contributed by atoms with Gasteiger partial charge in [0.05, 0.1) is 12.1 Å². The zero-order chi connectivity index (χ0) is 22.9. The lowest BCUT2D eigenvalue weighted by Gasteiger charge is -2.35. The maximum absolute atomic E-state index is 14.7. The fourth-order valence-corrected chi connectivity index (χ4v) is 4.00.